The number of nitrogens with two attached hydrogens (primary N) is 1. The number of hydrogen-bond acceptors (Lipinski definition) is 5. The van der Waals surface area contributed by atoms with Crippen molar-refractivity contribution in [3.05, 3.63) is 41.5 Å². The normalized spacial score (nSPS) is 10.3. The second-order valence-corrected chi connectivity index (χ2v) is 5.42. The SMILES string of the molecule is COc1ccc(C[NH2+]Cc2cc(OC)c(OC)c(OC)c2)cc1OC. The van der Waals surface area contributed by atoms with Gasteiger partial charge in [0, 0.05) is 11.1 Å². The predicted molar refractivity (Wildman–Crippen MR) is 95.0 cm³/mol. The molecule has 0 radical (unpaired) electrons. The highest BCUT2D eigenvalue weighted by atomic mass is 16.5. The Morgan fingerprint density at radius 2 is 1.12 bits per heavy atom. The third kappa shape index (κ3) is 4.48. The molecule has 0 saturated carbocycles. The van der Waals surface area contributed by atoms with E-state index in [1.54, 1.807) is 35.5 Å². The lowest BCUT2D eigenvalue weighted by molar-refractivity contribution is -0.686. The van der Waals surface area contributed by atoms with E-state index in [-0.39, 0.29) is 0 Å². The quantitative estimate of drug-likeness (QED) is 0.751. The molecule has 0 spiro atoms. The van der Waals surface area contributed by atoms with Gasteiger partial charge in [0.2, 0.25) is 5.75 Å². The molecule has 0 aliphatic rings. The first-order valence-corrected chi connectivity index (χ1v) is 7.98. The molecule has 0 aromatic heterocycles. The zero-order chi connectivity index (χ0) is 18.2. The molecular formula is C19H26NO5+. The van der Waals surface area contributed by atoms with Crippen molar-refractivity contribution in [1.82, 2.24) is 0 Å². The molecule has 25 heavy (non-hydrogen) atoms. The molecule has 0 saturated heterocycles. The van der Waals surface area contributed by atoms with Gasteiger partial charge < -0.3 is 29.0 Å². The molecular weight excluding hydrogens is 322 g/mol. The summed E-state index contributed by atoms with van der Waals surface area (Å²) in [6.07, 6.45) is 0. The maximum Gasteiger partial charge on any atom is 0.203 e. The lowest BCUT2D eigenvalue weighted by atomic mass is 10.1. The van der Waals surface area contributed by atoms with Crippen LogP contribution in [0.15, 0.2) is 30.3 Å². The van der Waals surface area contributed by atoms with Gasteiger partial charge in [0.1, 0.15) is 13.1 Å². The van der Waals surface area contributed by atoms with Crippen LogP contribution in [0.5, 0.6) is 28.7 Å². The molecule has 0 fully saturated rings. The van der Waals surface area contributed by atoms with Crippen LogP contribution in [0.25, 0.3) is 0 Å². The van der Waals surface area contributed by atoms with Gasteiger partial charge in [0.05, 0.1) is 35.5 Å². The Labute approximate surface area is 148 Å². The average Bonchev–Trinajstić information content (AvgIpc) is 2.66. The van der Waals surface area contributed by atoms with Crippen molar-refractivity contribution in [2.24, 2.45) is 0 Å². The van der Waals surface area contributed by atoms with E-state index in [0.717, 1.165) is 35.7 Å². The molecule has 6 nitrogen and oxygen atoms in total. The number of ether oxygens (including phenoxy) is 5. The van der Waals surface area contributed by atoms with Crippen LogP contribution < -0.4 is 29.0 Å². The predicted octanol–water partition coefficient (Wildman–Crippen LogP) is 1.99. The highest BCUT2D eigenvalue weighted by Crippen LogP contribution is 2.38. The van der Waals surface area contributed by atoms with E-state index in [9.17, 15) is 0 Å². The van der Waals surface area contributed by atoms with Gasteiger partial charge in [-0.15, -0.1) is 0 Å². The zero-order valence-electron chi connectivity index (χ0n) is 15.4. The molecule has 0 aliphatic heterocycles. The molecule has 0 aliphatic carbocycles. The van der Waals surface area contributed by atoms with Crippen molar-refractivity contribution < 1.29 is 29.0 Å². The summed E-state index contributed by atoms with van der Waals surface area (Å²) in [6, 6.07) is 9.87. The van der Waals surface area contributed by atoms with Crippen LogP contribution in [-0.4, -0.2) is 35.5 Å². The van der Waals surface area contributed by atoms with E-state index in [1.165, 1.54) is 0 Å². The number of quaternary nitrogens is 1. The Kier molecular flexibility index (Phi) is 6.77. The van der Waals surface area contributed by atoms with E-state index in [1.807, 2.05) is 30.3 Å². The molecule has 0 amide bonds. The highest BCUT2D eigenvalue weighted by Gasteiger charge is 2.14. The summed E-state index contributed by atoms with van der Waals surface area (Å²) in [6.45, 7) is 1.60. The van der Waals surface area contributed by atoms with Gasteiger partial charge in [-0.25, -0.2) is 0 Å². The van der Waals surface area contributed by atoms with Crippen LogP contribution in [0, 0.1) is 0 Å². The minimum absolute atomic E-state index is 0.605. The molecule has 2 aromatic rings. The molecule has 0 bridgehead atoms. The summed E-state index contributed by atoms with van der Waals surface area (Å²) < 4.78 is 26.7. The maximum absolute atomic E-state index is 5.39. The molecule has 2 aromatic carbocycles. The van der Waals surface area contributed by atoms with Crippen molar-refractivity contribution in [3.8, 4) is 28.7 Å². The molecule has 0 unspecified atom stereocenters. The second-order valence-electron chi connectivity index (χ2n) is 5.42. The Bertz CT molecular complexity index is 677. The number of hydrogen-bond donors (Lipinski definition) is 1. The molecule has 6 heteroatoms. The van der Waals surface area contributed by atoms with E-state index in [4.69, 9.17) is 23.7 Å². The number of benzene rings is 2. The molecule has 0 atom stereocenters. The third-order valence-corrected chi connectivity index (χ3v) is 3.93. The molecule has 0 heterocycles. The topological polar surface area (TPSA) is 62.8 Å². The largest absolute Gasteiger partial charge is 0.493 e. The standard InChI is InChI=1S/C19H25NO5/c1-21-15-7-6-13(8-16(15)22-2)11-20-12-14-9-17(23-3)19(25-5)18(10-14)24-4/h6-10,20H,11-12H2,1-5H3/p+1. The van der Waals surface area contributed by atoms with Gasteiger partial charge >= 0.3 is 0 Å². The van der Waals surface area contributed by atoms with Gasteiger partial charge in [-0.05, 0) is 30.3 Å². The van der Waals surface area contributed by atoms with Crippen molar-refractivity contribution in [2.75, 3.05) is 35.5 Å². The summed E-state index contributed by atoms with van der Waals surface area (Å²) in [7, 11) is 8.11. The Hall–Kier alpha value is -2.60. The van der Waals surface area contributed by atoms with Crippen LogP contribution >= 0.6 is 0 Å². The van der Waals surface area contributed by atoms with Crippen molar-refractivity contribution in [2.45, 2.75) is 13.1 Å². The van der Waals surface area contributed by atoms with Crippen LogP contribution in [0.1, 0.15) is 11.1 Å². The van der Waals surface area contributed by atoms with Crippen LogP contribution in [-0.2, 0) is 13.1 Å². The number of methoxy groups -OCH3 is 5. The van der Waals surface area contributed by atoms with E-state index in [0.29, 0.717) is 17.2 Å². The second kappa shape index (κ2) is 9.03. The van der Waals surface area contributed by atoms with Crippen LogP contribution in [0.3, 0.4) is 0 Å². The highest BCUT2D eigenvalue weighted by molar-refractivity contribution is 5.53. The Morgan fingerprint density at radius 1 is 0.600 bits per heavy atom. The van der Waals surface area contributed by atoms with Gasteiger partial charge in [0.15, 0.2) is 23.0 Å². The molecule has 2 rings (SSSR count). The average molecular weight is 348 g/mol. The first-order chi connectivity index (χ1) is 12.2. The maximum atomic E-state index is 5.39. The van der Waals surface area contributed by atoms with Gasteiger partial charge in [-0.3, -0.25) is 0 Å². The fourth-order valence-corrected chi connectivity index (χ4v) is 2.67. The first-order valence-electron chi connectivity index (χ1n) is 7.98. The summed E-state index contributed by atoms with van der Waals surface area (Å²) in [5.74, 6) is 3.40. The summed E-state index contributed by atoms with van der Waals surface area (Å²) >= 11 is 0. The lowest BCUT2D eigenvalue weighted by Gasteiger charge is -2.14. The first kappa shape index (κ1) is 18.7. The third-order valence-electron chi connectivity index (χ3n) is 3.93. The van der Waals surface area contributed by atoms with Crippen LogP contribution in [0.2, 0.25) is 0 Å². The summed E-state index contributed by atoms with van der Waals surface area (Å²) in [5.41, 5.74) is 2.25. The van der Waals surface area contributed by atoms with Gasteiger partial charge in [-0.2, -0.15) is 0 Å². The van der Waals surface area contributed by atoms with Crippen LogP contribution in [0.4, 0.5) is 0 Å². The fourth-order valence-electron chi connectivity index (χ4n) is 2.67. The van der Waals surface area contributed by atoms with E-state index >= 15 is 0 Å². The Balaban J connectivity index is 2.06. The Morgan fingerprint density at radius 3 is 1.64 bits per heavy atom. The van der Waals surface area contributed by atoms with Crippen molar-refractivity contribution in [3.63, 3.8) is 0 Å². The smallest absolute Gasteiger partial charge is 0.203 e. The molecule has 2 N–H and O–H groups in total. The number of rotatable bonds is 9. The molecule has 136 valence electrons. The minimum Gasteiger partial charge on any atom is -0.493 e. The van der Waals surface area contributed by atoms with Crippen molar-refractivity contribution in [1.29, 1.82) is 0 Å². The van der Waals surface area contributed by atoms with Gasteiger partial charge in [-0.1, -0.05) is 0 Å². The van der Waals surface area contributed by atoms with Gasteiger partial charge in [0.25, 0.3) is 0 Å². The summed E-state index contributed by atoms with van der Waals surface area (Å²) in [4.78, 5) is 0. The van der Waals surface area contributed by atoms with E-state index in [2.05, 4.69) is 5.32 Å². The lowest BCUT2D eigenvalue weighted by Crippen LogP contribution is -2.80. The zero-order valence-corrected chi connectivity index (χ0v) is 15.4. The van der Waals surface area contributed by atoms with E-state index < -0.39 is 0 Å². The monoisotopic (exact) mass is 348 g/mol. The van der Waals surface area contributed by atoms with Crippen molar-refractivity contribution >= 4 is 0 Å². The fraction of sp³-hybridized carbons (Fsp3) is 0.368. The minimum atomic E-state index is 0.605. The summed E-state index contributed by atoms with van der Waals surface area (Å²) in [5, 5.41) is 2.20.